The Kier molecular flexibility index (Phi) is 56.6. The third-order valence-corrected chi connectivity index (χ3v) is 0. The summed E-state index contributed by atoms with van der Waals surface area (Å²) in [5.74, 6) is 0. The predicted molar refractivity (Wildman–Crippen MR) is 17.1 cm³/mol. The summed E-state index contributed by atoms with van der Waals surface area (Å²) in [6.45, 7) is 0. The van der Waals surface area contributed by atoms with E-state index in [9.17, 15) is 0 Å². The second-order valence-corrected chi connectivity index (χ2v) is 0.289. The molecular formula is H3BO5Pb-4. The molecule has 0 heterocycles. The average molecular weight is 301 g/mol. The Morgan fingerprint density at radius 2 is 1.00 bits per heavy atom. The molecule has 0 unspecified atom stereocenters. The summed E-state index contributed by atoms with van der Waals surface area (Å²) in [5.41, 5.74) is 0. The third-order valence-electron chi connectivity index (χ3n) is 0. The summed E-state index contributed by atoms with van der Waals surface area (Å²) in [7, 11) is -2.92. The van der Waals surface area contributed by atoms with Crippen LogP contribution in [0.15, 0.2) is 0 Å². The molecule has 7 heavy (non-hydrogen) atoms. The van der Waals surface area contributed by atoms with Crippen LogP contribution in [0, 0.1) is 0 Å². The van der Waals surface area contributed by atoms with Gasteiger partial charge in [-0.2, -0.15) is 0 Å². The van der Waals surface area contributed by atoms with Gasteiger partial charge in [0.25, 0.3) is 0 Å². The van der Waals surface area contributed by atoms with Crippen LogP contribution in [0.1, 0.15) is 0 Å². The van der Waals surface area contributed by atoms with Gasteiger partial charge in [-0.05, 0) is 0 Å². The average Bonchev–Trinajstić information content (AvgIpc) is 0.811. The molecule has 0 aliphatic heterocycles. The van der Waals surface area contributed by atoms with E-state index in [4.69, 9.17) is 15.1 Å². The summed E-state index contributed by atoms with van der Waals surface area (Å²) >= 11 is 0. The van der Waals surface area contributed by atoms with E-state index in [-0.39, 0.29) is 38.3 Å². The van der Waals surface area contributed by atoms with Crippen molar-refractivity contribution in [1.29, 1.82) is 0 Å². The quantitative estimate of drug-likeness (QED) is 0.413. The number of hydrogen-bond donors (Lipinski definition) is 0. The Labute approximate surface area is 60.9 Å². The fraction of sp³-hybridized carbons (Fsp3) is 0. The van der Waals surface area contributed by atoms with Crippen molar-refractivity contribution in [2.75, 3.05) is 0 Å². The first-order chi connectivity index (χ1) is 1.73. The normalized spacial score (nSPS) is 3.86. The first-order valence-electron chi connectivity index (χ1n) is 0.707. The molecule has 0 saturated heterocycles. The summed E-state index contributed by atoms with van der Waals surface area (Å²) in [4.78, 5) is 0. The summed E-state index contributed by atoms with van der Waals surface area (Å²) in [5, 5.41) is 25.2. The maximum absolute atomic E-state index is 8.42. The van der Waals surface area contributed by atoms with Gasteiger partial charge in [-0.1, -0.05) is 0 Å². The zero-order valence-electron chi connectivity index (χ0n) is 3.25. The molecule has 3 N–H and O–H groups in total. The minimum atomic E-state index is -2.92. The number of rotatable bonds is 0. The molecule has 0 aromatic rings. The van der Waals surface area contributed by atoms with E-state index in [1.54, 1.807) is 0 Å². The Balaban J connectivity index is -0.0000000150. The Bertz CT molecular complexity index is 12.8. The van der Waals surface area contributed by atoms with E-state index < -0.39 is 7.32 Å². The monoisotopic (exact) mass is 302 g/mol. The second-order valence-electron chi connectivity index (χ2n) is 0.289. The molecule has 0 fully saturated rings. The molecule has 0 rings (SSSR count). The largest absolute Gasteiger partial charge is 0.907 e. The summed E-state index contributed by atoms with van der Waals surface area (Å²) < 4.78 is 0. The molecule has 0 aromatic carbocycles. The van der Waals surface area contributed by atoms with Crippen LogP contribution in [0.4, 0.5) is 0 Å². The van der Waals surface area contributed by atoms with Crippen molar-refractivity contribution in [3.8, 4) is 0 Å². The molecule has 7 heteroatoms. The molecule has 0 aromatic heterocycles. The Morgan fingerprint density at radius 3 is 1.00 bits per heavy atom. The number of hydrogen-bond acceptors (Lipinski definition) is 4. The van der Waals surface area contributed by atoms with Gasteiger partial charge in [0.15, 0.2) is 0 Å². The summed E-state index contributed by atoms with van der Waals surface area (Å²) in [6, 6.07) is 0. The predicted octanol–water partition coefficient (Wildman–Crippen LogP) is -5.33. The van der Waals surface area contributed by atoms with Crippen molar-refractivity contribution in [3.63, 3.8) is 0 Å². The van der Waals surface area contributed by atoms with Gasteiger partial charge in [0, 0.05) is 27.3 Å². The van der Waals surface area contributed by atoms with Crippen molar-refractivity contribution in [3.05, 3.63) is 0 Å². The molecule has 0 spiro atoms. The SMILES string of the molecule is O.[O-]B([O-])[O-].[OH-].[Pb]. The van der Waals surface area contributed by atoms with Crippen LogP contribution in [-0.2, 0) is 0 Å². The van der Waals surface area contributed by atoms with Gasteiger partial charge in [0.2, 0.25) is 0 Å². The van der Waals surface area contributed by atoms with E-state index >= 15 is 0 Å². The van der Waals surface area contributed by atoms with Crippen LogP contribution in [-0.4, -0.2) is 45.6 Å². The van der Waals surface area contributed by atoms with E-state index in [1.165, 1.54) is 0 Å². The van der Waals surface area contributed by atoms with Gasteiger partial charge < -0.3 is 26.0 Å². The molecule has 4 radical (unpaired) electrons. The molecule has 0 amide bonds. The van der Waals surface area contributed by atoms with Gasteiger partial charge >= 0.3 is 0 Å². The van der Waals surface area contributed by atoms with Gasteiger partial charge in [0.1, 0.15) is 0 Å². The summed E-state index contributed by atoms with van der Waals surface area (Å²) in [6.07, 6.45) is 0. The Hall–Kier alpha value is 0.787. The van der Waals surface area contributed by atoms with Gasteiger partial charge in [0.05, 0.1) is 0 Å². The van der Waals surface area contributed by atoms with Crippen LogP contribution in [0.3, 0.4) is 0 Å². The zero-order valence-corrected chi connectivity index (χ0v) is 7.14. The molecule has 0 bridgehead atoms. The molecule has 5 nitrogen and oxygen atoms in total. The minimum Gasteiger partial charge on any atom is -0.907 e. The van der Waals surface area contributed by atoms with Crippen molar-refractivity contribution in [2.45, 2.75) is 0 Å². The molecule has 0 aliphatic rings. The smallest absolute Gasteiger partial charge is 0 e. The molecule has 0 saturated carbocycles. The minimum absolute atomic E-state index is 0. The first kappa shape index (κ1) is 25.0. The van der Waals surface area contributed by atoms with Crippen LogP contribution in [0.25, 0.3) is 0 Å². The zero-order chi connectivity index (χ0) is 3.58. The van der Waals surface area contributed by atoms with Crippen LogP contribution >= 0.6 is 0 Å². The van der Waals surface area contributed by atoms with Gasteiger partial charge in [-0.15, -0.1) is 0 Å². The third kappa shape index (κ3) is 251. The van der Waals surface area contributed by atoms with E-state index in [2.05, 4.69) is 0 Å². The van der Waals surface area contributed by atoms with Crippen LogP contribution in [0.5, 0.6) is 0 Å². The molecule has 0 atom stereocenters. The first-order valence-corrected chi connectivity index (χ1v) is 0.707. The van der Waals surface area contributed by atoms with Gasteiger partial charge in [-0.25, -0.2) is 0 Å². The van der Waals surface area contributed by atoms with Crippen LogP contribution in [0.2, 0.25) is 0 Å². The standard InChI is InChI=1S/BO3.2H2O.Pb/c2-1(3)4;;;/h;2*1H2;/q-3;;;/p-1. The molecule has 44 valence electrons. The fourth-order valence-corrected chi connectivity index (χ4v) is 0. The van der Waals surface area contributed by atoms with E-state index in [1.807, 2.05) is 0 Å². The molecule has 0 aliphatic carbocycles. The molecular weight excluding hydrogens is 298 g/mol. The van der Waals surface area contributed by atoms with Crippen LogP contribution < -0.4 is 15.1 Å². The fourth-order valence-electron chi connectivity index (χ4n) is 0. The second kappa shape index (κ2) is 15.8. The Morgan fingerprint density at radius 1 is 1.00 bits per heavy atom. The maximum atomic E-state index is 8.42. The van der Waals surface area contributed by atoms with Crippen molar-refractivity contribution in [2.24, 2.45) is 0 Å². The maximum Gasteiger partial charge on any atom is 0 e. The van der Waals surface area contributed by atoms with Crippen molar-refractivity contribution < 1.29 is 26.0 Å². The topological polar surface area (TPSA) is 131 Å². The van der Waals surface area contributed by atoms with E-state index in [0.29, 0.717) is 0 Å². The van der Waals surface area contributed by atoms with E-state index in [0.717, 1.165) is 0 Å². The van der Waals surface area contributed by atoms with Crippen molar-refractivity contribution in [1.82, 2.24) is 0 Å². The van der Waals surface area contributed by atoms with Crippen molar-refractivity contribution >= 4 is 34.6 Å². The van der Waals surface area contributed by atoms with Gasteiger partial charge in [-0.3, -0.25) is 7.32 Å².